The molecule has 0 aliphatic carbocycles. The van der Waals surface area contributed by atoms with E-state index in [2.05, 4.69) is 22.1 Å². The maximum absolute atomic E-state index is 12.0. The van der Waals surface area contributed by atoms with Gasteiger partial charge in [-0.25, -0.2) is 4.68 Å². The summed E-state index contributed by atoms with van der Waals surface area (Å²) >= 11 is 7.06. The van der Waals surface area contributed by atoms with Crippen molar-refractivity contribution in [2.45, 2.75) is 25.9 Å². The Hall–Kier alpha value is -1.74. The van der Waals surface area contributed by atoms with Crippen LogP contribution in [0.3, 0.4) is 0 Å². The Morgan fingerprint density at radius 3 is 2.88 bits per heavy atom. The fraction of sp³-hybridized carbons (Fsp3) is 0.400. The van der Waals surface area contributed by atoms with Gasteiger partial charge in [-0.2, -0.15) is 30.0 Å². The van der Waals surface area contributed by atoms with Crippen molar-refractivity contribution >= 4 is 47.4 Å². The molecule has 5 nitrogen and oxygen atoms in total. The zero-order chi connectivity index (χ0) is 18.9. The third kappa shape index (κ3) is 8.78. The van der Waals surface area contributed by atoms with Gasteiger partial charge in [0.05, 0.1) is 18.3 Å². The minimum Gasteiger partial charge on any atom is -0.322 e. The molecule has 0 aliphatic rings. The van der Waals surface area contributed by atoms with Crippen molar-refractivity contribution in [3.63, 3.8) is 0 Å². The number of nitrogens with one attached hydrogen (secondary N) is 1. The number of carbonyl (C=O) groups is 1. The molecule has 0 saturated carbocycles. The Bertz CT molecular complexity index is 656. The van der Waals surface area contributed by atoms with Gasteiger partial charge in [0.25, 0.3) is 0 Å². The number of hydrogen-bond acceptors (Lipinski definition) is 4. The number of hydrogen-bond donors (Lipinski definition) is 1. The molecule has 0 atom stereocenters. The zero-order valence-electron chi connectivity index (χ0n) is 13.5. The van der Waals surface area contributed by atoms with Gasteiger partial charge in [0.1, 0.15) is 0 Å². The van der Waals surface area contributed by atoms with E-state index in [-0.39, 0.29) is 23.2 Å². The summed E-state index contributed by atoms with van der Waals surface area (Å²) < 4.78 is 37.5. The first-order valence-corrected chi connectivity index (χ1v) is 8.75. The number of aromatic nitrogens is 2. The van der Waals surface area contributed by atoms with Crippen LogP contribution in [0.5, 0.6) is 0 Å². The Kier molecular flexibility index (Phi) is 8.77. The summed E-state index contributed by atoms with van der Waals surface area (Å²) in [5.74, 6) is -0.100. The molecule has 0 unspecified atom stereocenters. The third-order valence-electron chi connectivity index (χ3n) is 2.84. The first kappa shape index (κ1) is 21.3. The first-order valence-electron chi connectivity index (χ1n) is 7.22. The van der Waals surface area contributed by atoms with Crippen molar-refractivity contribution in [1.29, 1.82) is 0 Å². The summed E-state index contributed by atoms with van der Waals surface area (Å²) in [5, 5.41) is 6.79. The second-order valence-electron chi connectivity index (χ2n) is 4.89. The maximum atomic E-state index is 12.0. The molecular weight excluding hydrogens is 377 g/mol. The van der Waals surface area contributed by atoms with E-state index in [4.69, 9.17) is 11.6 Å². The molecule has 0 aliphatic heterocycles. The highest BCUT2D eigenvalue weighted by atomic mass is 35.5. The lowest BCUT2D eigenvalue weighted by molar-refractivity contribution is -0.129. The van der Waals surface area contributed by atoms with E-state index in [1.807, 2.05) is 0 Å². The smallest absolute Gasteiger partial charge is 0.322 e. The molecule has 1 aromatic rings. The Morgan fingerprint density at radius 1 is 1.52 bits per heavy atom. The van der Waals surface area contributed by atoms with Crippen molar-refractivity contribution in [1.82, 2.24) is 9.78 Å². The van der Waals surface area contributed by atoms with Gasteiger partial charge < -0.3 is 5.32 Å². The Morgan fingerprint density at radius 2 is 2.24 bits per heavy atom. The van der Waals surface area contributed by atoms with Crippen molar-refractivity contribution in [2.75, 3.05) is 16.8 Å². The molecule has 1 aromatic heterocycles. The molecule has 0 fully saturated rings. The van der Waals surface area contributed by atoms with Gasteiger partial charge in [0.15, 0.2) is 5.15 Å². The van der Waals surface area contributed by atoms with E-state index in [0.717, 1.165) is 17.5 Å². The van der Waals surface area contributed by atoms with Crippen LogP contribution in [0.2, 0.25) is 5.15 Å². The summed E-state index contributed by atoms with van der Waals surface area (Å²) in [6, 6.07) is 0. The second kappa shape index (κ2) is 10.3. The van der Waals surface area contributed by atoms with Crippen LogP contribution < -0.4 is 5.32 Å². The van der Waals surface area contributed by atoms with Crippen LogP contribution in [-0.4, -0.2) is 40.1 Å². The van der Waals surface area contributed by atoms with Gasteiger partial charge in [-0.15, -0.1) is 0 Å². The first-order chi connectivity index (χ1) is 11.7. The van der Waals surface area contributed by atoms with Crippen molar-refractivity contribution in [3.05, 3.63) is 29.7 Å². The van der Waals surface area contributed by atoms with Gasteiger partial charge in [0, 0.05) is 29.8 Å². The second-order valence-corrected chi connectivity index (χ2v) is 6.47. The molecule has 1 heterocycles. The summed E-state index contributed by atoms with van der Waals surface area (Å²) in [4.78, 5) is 15.4. The highest BCUT2D eigenvalue weighted by molar-refractivity contribution is 7.99. The molecule has 1 amide bonds. The zero-order valence-corrected chi connectivity index (χ0v) is 15.1. The van der Waals surface area contributed by atoms with Crippen LogP contribution in [0.15, 0.2) is 29.5 Å². The van der Waals surface area contributed by atoms with Crippen LogP contribution in [0.4, 0.5) is 18.9 Å². The van der Waals surface area contributed by atoms with Crippen LogP contribution in [0.25, 0.3) is 5.70 Å². The molecule has 138 valence electrons. The van der Waals surface area contributed by atoms with Crippen LogP contribution in [0.1, 0.15) is 19.8 Å². The summed E-state index contributed by atoms with van der Waals surface area (Å²) in [6.45, 7) is 5.11. The number of rotatable bonds is 9. The highest BCUT2D eigenvalue weighted by Crippen LogP contribution is 2.23. The topological polar surface area (TPSA) is 59.3 Å². The highest BCUT2D eigenvalue weighted by Gasteiger charge is 2.26. The number of amides is 1. The van der Waals surface area contributed by atoms with Crippen molar-refractivity contribution in [2.24, 2.45) is 4.99 Å². The Labute approximate surface area is 153 Å². The molecule has 0 bridgehead atoms. The maximum Gasteiger partial charge on any atom is 0.389 e. The average Bonchev–Trinajstić information content (AvgIpc) is 2.87. The minimum atomic E-state index is -4.17. The van der Waals surface area contributed by atoms with E-state index in [0.29, 0.717) is 11.4 Å². The predicted octanol–water partition coefficient (Wildman–Crippen LogP) is 4.63. The van der Waals surface area contributed by atoms with Crippen LogP contribution >= 0.6 is 23.4 Å². The fourth-order valence-corrected chi connectivity index (χ4v) is 2.69. The van der Waals surface area contributed by atoms with Gasteiger partial charge in [-0.05, 0) is 25.8 Å². The van der Waals surface area contributed by atoms with Gasteiger partial charge in [-0.1, -0.05) is 11.6 Å². The molecule has 1 N–H and O–H groups in total. The number of nitrogens with zero attached hydrogens (tertiary/aromatic N) is 3. The fourth-order valence-electron chi connectivity index (χ4n) is 1.60. The lowest BCUT2D eigenvalue weighted by Gasteiger charge is -2.06. The van der Waals surface area contributed by atoms with Gasteiger partial charge in [-0.3, -0.25) is 9.79 Å². The quantitative estimate of drug-likeness (QED) is 0.377. The average molecular weight is 395 g/mol. The predicted molar refractivity (Wildman–Crippen MR) is 97.1 cm³/mol. The molecule has 0 saturated heterocycles. The number of carbonyl (C=O) groups excluding carboxylic acids is 1. The number of alkyl halides is 3. The van der Waals surface area contributed by atoms with E-state index in [1.165, 1.54) is 10.9 Å². The number of allylic oxidation sites excluding steroid dienone is 3. The summed E-state index contributed by atoms with van der Waals surface area (Å²) in [5.41, 5.74) is 1.08. The number of halogens is 4. The van der Waals surface area contributed by atoms with E-state index < -0.39 is 12.6 Å². The Balaban J connectivity index is 2.48. The number of aliphatic imine (C=N–C) groups is 1. The number of anilines is 1. The monoisotopic (exact) mass is 394 g/mol. The van der Waals surface area contributed by atoms with Crippen molar-refractivity contribution < 1.29 is 18.0 Å². The van der Waals surface area contributed by atoms with Gasteiger partial charge >= 0.3 is 6.18 Å². The van der Waals surface area contributed by atoms with Gasteiger partial charge in [0.2, 0.25) is 5.91 Å². The molecule has 0 radical (unpaired) electrons. The normalized spacial score (nSPS) is 12.6. The molecular formula is C15H18ClF3N4OS. The van der Waals surface area contributed by atoms with E-state index >= 15 is 0 Å². The van der Waals surface area contributed by atoms with Crippen LogP contribution in [-0.2, 0) is 4.79 Å². The van der Waals surface area contributed by atoms with Crippen molar-refractivity contribution in [3.8, 4) is 0 Å². The molecule has 0 spiro atoms. The number of thioether (sulfide) groups is 1. The summed E-state index contributed by atoms with van der Waals surface area (Å²) in [7, 11) is 0. The largest absolute Gasteiger partial charge is 0.389 e. The van der Waals surface area contributed by atoms with E-state index in [9.17, 15) is 18.0 Å². The summed E-state index contributed by atoms with van der Waals surface area (Å²) in [6.07, 6.45) is 1.53. The lowest BCUT2D eigenvalue weighted by Crippen LogP contribution is -2.13. The SMILES string of the molecule is C=N/C=C\C=C(/C)n1cc(NC(=O)CCSCCC(F)(F)F)c(Cl)n1. The standard InChI is InChI=1S/C15H18ClF3N4OS/c1-11(4-3-7-20-2)23-10-12(14(16)22-23)21-13(24)5-8-25-9-6-15(17,18)19/h3-4,7,10H,2,5-6,8-9H2,1H3,(H,21,24)/b7-3-,11-4+. The molecule has 10 heteroatoms. The molecule has 0 aromatic carbocycles. The molecule has 25 heavy (non-hydrogen) atoms. The third-order valence-corrected chi connectivity index (χ3v) is 4.10. The lowest BCUT2D eigenvalue weighted by atomic mass is 10.4. The van der Waals surface area contributed by atoms with E-state index in [1.54, 1.807) is 25.3 Å². The van der Waals surface area contributed by atoms with Crippen LogP contribution in [0, 0.1) is 0 Å². The molecule has 1 rings (SSSR count). The minimum absolute atomic E-state index is 0.0630.